The molecule has 2 rings (SSSR count). The van der Waals surface area contributed by atoms with Crippen molar-refractivity contribution in [2.45, 2.75) is 12.8 Å². The second-order valence-corrected chi connectivity index (χ2v) is 4.74. The fourth-order valence-electron chi connectivity index (χ4n) is 2.06. The highest BCUT2D eigenvalue weighted by Crippen LogP contribution is 2.24. The first-order valence-corrected chi connectivity index (χ1v) is 6.55. The average Bonchev–Trinajstić information content (AvgIpc) is 2.49. The monoisotopic (exact) mass is 290 g/mol. The Morgan fingerprint density at radius 3 is 2.48 bits per heavy atom. The standard InChI is InChI=1S/C16H16F2N2O/c1-10-7-8-13(17)15(14(10)18)20-16(21)12(9-19)11-5-3-2-4-6-11/h2-8,12H,9,19H2,1H3,(H,20,21). The summed E-state index contributed by atoms with van der Waals surface area (Å²) in [5.41, 5.74) is 6.14. The van der Waals surface area contributed by atoms with Crippen LogP contribution in [0.1, 0.15) is 17.0 Å². The fraction of sp³-hybridized carbons (Fsp3) is 0.188. The third-order valence-corrected chi connectivity index (χ3v) is 3.29. The van der Waals surface area contributed by atoms with E-state index in [1.807, 2.05) is 6.07 Å². The van der Waals surface area contributed by atoms with E-state index in [-0.39, 0.29) is 12.1 Å². The smallest absolute Gasteiger partial charge is 0.233 e. The lowest BCUT2D eigenvalue weighted by molar-refractivity contribution is -0.117. The Balaban J connectivity index is 2.27. The van der Waals surface area contributed by atoms with Gasteiger partial charge in [-0.05, 0) is 24.1 Å². The highest BCUT2D eigenvalue weighted by molar-refractivity contribution is 5.96. The van der Waals surface area contributed by atoms with Gasteiger partial charge in [0.15, 0.2) is 5.82 Å². The van der Waals surface area contributed by atoms with Gasteiger partial charge in [-0.1, -0.05) is 36.4 Å². The van der Waals surface area contributed by atoms with Crippen molar-refractivity contribution in [3.63, 3.8) is 0 Å². The quantitative estimate of drug-likeness (QED) is 0.909. The molecule has 0 aliphatic rings. The zero-order chi connectivity index (χ0) is 15.4. The van der Waals surface area contributed by atoms with Gasteiger partial charge in [-0.15, -0.1) is 0 Å². The van der Waals surface area contributed by atoms with Gasteiger partial charge in [0.2, 0.25) is 5.91 Å². The second-order valence-electron chi connectivity index (χ2n) is 4.74. The molecule has 0 aliphatic carbocycles. The zero-order valence-corrected chi connectivity index (χ0v) is 11.6. The van der Waals surface area contributed by atoms with Crippen LogP contribution in [-0.4, -0.2) is 12.5 Å². The number of carbonyl (C=O) groups is 1. The lowest BCUT2D eigenvalue weighted by Crippen LogP contribution is -2.28. The number of nitrogens with two attached hydrogens (primary N) is 1. The molecule has 5 heteroatoms. The van der Waals surface area contributed by atoms with E-state index in [4.69, 9.17) is 5.73 Å². The van der Waals surface area contributed by atoms with Crippen molar-refractivity contribution in [3.8, 4) is 0 Å². The number of carbonyl (C=O) groups excluding carboxylic acids is 1. The summed E-state index contributed by atoms with van der Waals surface area (Å²) >= 11 is 0. The Morgan fingerprint density at radius 2 is 1.86 bits per heavy atom. The number of hydrogen-bond acceptors (Lipinski definition) is 2. The molecule has 1 unspecified atom stereocenters. The van der Waals surface area contributed by atoms with Crippen molar-refractivity contribution >= 4 is 11.6 Å². The normalized spacial score (nSPS) is 12.0. The van der Waals surface area contributed by atoms with Gasteiger partial charge >= 0.3 is 0 Å². The highest BCUT2D eigenvalue weighted by Gasteiger charge is 2.22. The molecular formula is C16H16F2N2O. The molecule has 0 spiro atoms. The number of aryl methyl sites for hydroxylation is 1. The lowest BCUT2D eigenvalue weighted by Gasteiger charge is -2.16. The van der Waals surface area contributed by atoms with Crippen LogP contribution >= 0.6 is 0 Å². The Morgan fingerprint density at radius 1 is 1.19 bits per heavy atom. The van der Waals surface area contributed by atoms with Crippen LogP contribution in [0.25, 0.3) is 0 Å². The lowest BCUT2D eigenvalue weighted by atomic mass is 9.98. The second kappa shape index (κ2) is 6.45. The summed E-state index contributed by atoms with van der Waals surface area (Å²) in [7, 11) is 0. The number of halogens is 2. The summed E-state index contributed by atoms with van der Waals surface area (Å²) < 4.78 is 27.6. The van der Waals surface area contributed by atoms with Gasteiger partial charge in [-0.2, -0.15) is 0 Å². The number of benzene rings is 2. The number of nitrogens with one attached hydrogen (secondary N) is 1. The molecule has 0 fully saturated rings. The van der Waals surface area contributed by atoms with Gasteiger partial charge in [-0.25, -0.2) is 8.78 Å². The Bertz CT molecular complexity index is 644. The van der Waals surface area contributed by atoms with Crippen molar-refractivity contribution in [3.05, 3.63) is 65.2 Å². The van der Waals surface area contributed by atoms with Crippen LogP contribution in [-0.2, 0) is 4.79 Å². The molecule has 1 atom stereocenters. The van der Waals surface area contributed by atoms with E-state index in [2.05, 4.69) is 5.32 Å². The van der Waals surface area contributed by atoms with Gasteiger partial charge < -0.3 is 11.1 Å². The Kier molecular flexibility index (Phi) is 4.65. The third kappa shape index (κ3) is 3.25. The largest absolute Gasteiger partial charge is 0.329 e. The summed E-state index contributed by atoms with van der Waals surface area (Å²) in [6.07, 6.45) is 0. The SMILES string of the molecule is Cc1ccc(F)c(NC(=O)C(CN)c2ccccc2)c1F. The van der Waals surface area contributed by atoms with Crippen LogP contribution in [0.4, 0.5) is 14.5 Å². The fourth-order valence-corrected chi connectivity index (χ4v) is 2.06. The molecule has 2 aromatic carbocycles. The minimum atomic E-state index is -0.810. The summed E-state index contributed by atoms with van der Waals surface area (Å²) in [6.45, 7) is 1.55. The Labute approximate surface area is 121 Å². The highest BCUT2D eigenvalue weighted by atomic mass is 19.1. The molecule has 0 saturated carbocycles. The van der Waals surface area contributed by atoms with E-state index >= 15 is 0 Å². The molecule has 21 heavy (non-hydrogen) atoms. The van der Waals surface area contributed by atoms with Crippen LogP contribution in [0, 0.1) is 18.6 Å². The predicted molar refractivity (Wildman–Crippen MR) is 78.0 cm³/mol. The zero-order valence-electron chi connectivity index (χ0n) is 11.6. The van der Waals surface area contributed by atoms with Gasteiger partial charge in [0.25, 0.3) is 0 Å². The number of anilines is 1. The summed E-state index contributed by atoms with van der Waals surface area (Å²) in [5, 5.41) is 2.30. The molecule has 3 nitrogen and oxygen atoms in total. The van der Waals surface area contributed by atoms with Gasteiger partial charge in [0.05, 0.1) is 5.92 Å². The molecule has 0 bridgehead atoms. The molecule has 3 N–H and O–H groups in total. The number of hydrogen-bond donors (Lipinski definition) is 2. The molecule has 2 aromatic rings. The van der Waals surface area contributed by atoms with E-state index in [0.29, 0.717) is 5.56 Å². The average molecular weight is 290 g/mol. The molecule has 0 aromatic heterocycles. The summed E-state index contributed by atoms with van der Waals surface area (Å²) in [4.78, 5) is 12.2. The first kappa shape index (κ1) is 15.1. The topological polar surface area (TPSA) is 55.1 Å². The molecule has 0 heterocycles. The minimum absolute atomic E-state index is 0.0465. The van der Waals surface area contributed by atoms with Gasteiger partial charge in [-0.3, -0.25) is 4.79 Å². The first-order valence-electron chi connectivity index (χ1n) is 6.55. The van der Waals surface area contributed by atoms with Crippen LogP contribution in [0.3, 0.4) is 0 Å². The van der Waals surface area contributed by atoms with E-state index < -0.39 is 29.1 Å². The van der Waals surface area contributed by atoms with Crippen molar-refractivity contribution in [1.82, 2.24) is 0 Å². The van der Waals surface area contributed by atoms with Crippen LogP contribution in [0.2, 0.25) is 0 Å². The minimum Gasteiger partial charge on any atom is -0.329 e. The first-order chi connectivity index (χ1) is 10.0. The van der Waals surface area contributed by atoms with Crippen molar-refractivity contribution in [2.24, 2.45) is 5.73 Å². The van der Waals surface area contributed by atoms with Crippen molar-refractivity contribution < 1.29 is 13.6 Å². The molecule has 0 radical (unpaired) electrons. The third-order valence-electron chi connectivity index (χ3n) is 3.29. The predicted octanol–water partition coefficient (Wildman–Crippen LogP) is 2.95. The maximum Gasteiger partial charge on any atom is 0.233 e. The van der Waals surface area contributed by atoms with E-state index in [1.165, 1.54) is 13.0 Å². The summed E-state index contributed by atoms with van der Waals surface area (Å²) in [5.74, 6) is -2.78. The summed E-state index contributed by atoms with van der Waals surface area (Å²) in [6, 6.07) is 11.3. The van der Waals surface area contributed by atoms with Crippen molar-refractivity contribution in [2.75, 3.05) is 11.9 Å². The van der Waals surface area contributed by atoms with E-state index in [1.54, 1.807) is 24.3 Å². The van der Waals surface area contributed by atoms with Gasteiger partial charge in [0.1, 0.15) is 11.5 Å². The van der Waals surface area contributed by atoms with Crippen molar-refractivity contribution in [1.29, 1.82) is 0 Å². The molecule has 0 saturated heterocycles. The number of amides is 1. The van der Waals surface area contributed by atoms with E-state index in [9.17, 15) is 13.6 Å². The van der Waals surface area contributed by atoms with Crippen LogP contribution < -0.4 is 11.1 Å². The van der Waals surface area contributed by atoms with Gasteiger partial charge in [0, 0.05) is 6.54 Å². The maximum absolute atomic E-state index is 13.9. The maximum atomic E-state index is 13.9. The Hall–Kier alpha value is -2.27. The molecule has 110 valence electrons. The van der Waals surface area contributed by atoms with Crippen LogP contribution in [0.15, 0.2) is 42.5 Å². The van der Waals surface area contributed by atoms with E-state index in [0.717, 1.165) is 6.07 Å². The number of rotatable bonds is 4. The molecule has 0 aliphatic heterocycles. The molecular weight excluding hydrogens is 274 g/mol. The molecule has 1 amide bonds. The van der Waals surface area contributed by atoms with Crippen LogP contribution in [0.5, 0.6) is 0 Å².